The molecule has 0 radical (unpaired) electrons. The van der Waals surface area contributed by atoms with Gasteiger partial charge >= 0.3 is 0 Å². The number of rotatable bonds is 4. The second-order valence-electron chi connectivity index (χ2n) is 6.97. The lowest BCUT2D eigenvalue weighted by atomic mass is 9.87. The number of nitrogens with zero attached hydrogens (tertiary/aromatic N) is 1. The van der Waals surface area contributed by atoms with E-state index in [-0.39, 0.29) is 11.9 Å². The molecule has 1 heterocycles. The van der Waals surface area contributed by atoms with Gasteiger partial charge in [-0.05, 0) is 41.3 Å². The van der Waals surface area contributed by atoms with Crippen LogP contribution < -0.4 is 9.47 Å². The van der Waals surface area contributed by atoms with Crippen LogP contribution in [0.15, 0.2) is 66.7 Å². The predicted molar refractivity (Wildman–Crippen MR) is 114 cm³/mol. The SMILES string of the molecule is COc1cc(OC)cc(C(=O)N2CCc3ccccc3[C@@H]2c2ccccc2Cl)c1. The second-order valence-corrected chi connectivity index (χ2v) is 7.38. The number of methoxy groups -OCH3 is 2. The van der Waals surface area contributed by atoms with Gasteiger partial charge in [-0.25, -0.2) is 0 Å². The largest absolute Gasteiger partial charge is 0.497 e. The topological polar surface area (TPSA) is 38.8 Å². The zero-order valence-electron chi connectivity index (χ0n) is 16.4. The van der Waals surface area contributed by atoms with Crippen LogP contribution in [-0.2, 0) is 6.42 Å². The van der Waals surface area contributed by atoms with Gasteiger partial charge in [0.15, 0.2) is 0 Å². The molecule has 1 atom stereocenters. The third-order valence-electron chi connectivity index (χ3n) is 5.34. The molecule has 29 heavy (non-hydrogen) atoms. The Hall–Kier alpha value is -2.98. The Morgan fingerprint density at radius 2 is 1.55 bits per heavy atom. The summed E-state index contributed by atoms with van der Waals surface area (Å²) in [7, 11) is 3.15. The maximum absolute atomic E-state index is 13.6. The fraction of sp³-hybridized carbons (Fsp3) is 0.208. The zero-order valence-corrected chi connectivity index (χ0v) is 17.1. The lowest BCUT2D eigenvalue weighted by molar-refractivity contribution is 0.0694. The molecule has 1 aliphatic heterocycles. The van der Waals surface area contributed by atoms with Gasteiger partial charge in [0.1, 0.15) is 11.5 Å². The minimum absolute atomic E-state index is 0.0818. The van der Waals surface area contributed by atoms with Gasteiger partial charge in [-0.2, -0.15) is 0 Å². The van der Waals surface area contributed by atoms with E-state index >= 15 is 0 Å². The van der Waals surface area contributed by atoms with Crippen LogP contribution in [0.5, 0.6) is 11.5 Å². The molecule has 0 bridgehead atoms. The molecule has 0 spiro atoms. The number of halogens is 1. The number of amides is 1. The Labute approximate surface area is 175 Å². The molecule has 148 valence electrons. The Morgan fingerprint density at radius 1 is 0.931 bits per heavy atom. The van der Waals surface area contributed by atoms with Gasteiger partial charge in [-0.1, -0.05) is 54.1 Å². The number of fused-ring (bicyclic) bond motifs is 1. The number of hydrogen-bond acceptors (Lipinski definition) is 3. The molecule has 0 saturated heterocycles. The predicted octanol–water partition coefficient (Wildman–Crippen LogP) is 5.15. The highest BCUT2D eigenvalue weighted by Crippen LogP contribution is 2.39. The zero-order chi connectivity index (χ0) is 20.4. The fourth-order valence-corrected chi connectivity index (χ4v) is 4.15. The molecular weight excluding hydrogens is 386 g/mol. The summed E-state index contributed by atoms with van der Waals surface area (Å²) < 4.78 is 10.7. The average molecular weight is 408 g/mol. The van der Waals surface area contributed by atoms with Crippen molar-refractivity contribution < 1.29 is 14.3 Å². The van der Waals surface area contributed by atoms with Crippen LogP contribution in [0.4, 0.5) is 0 Å². The third kappa shape index (κ3) is 3.68. The van der Waals surface area contributed by atoms with Crippen molar-refractivity contribution in [2.24, 2.45) is 0 Å². The van der Waals surface area contributed by atoms with E-state index in [4.69, 9.17) is 21.1 Å². The summed E-state index contributed by atoms with van der Waals surface area (Å²) in [6.07, 6.45) is 0.796. The molecule has 0 saturated carbocycles. The Bertz CT molecular complexity index is 1030. The van der Waals surface area contributed by atoms with E-state index in [0.717, 1.165) is 17.5 Å². The third-order valence-corrected chi connectivity index (χ3v) is 5.69. The van der Waals surface area contributed by atoms with E-state index in [1.54, 1.807) is 32.4 Å². The van der Waals surface area contributed by atoms with E-state index < -0.39 is 0 Å². The molecular formula is C24H22ClNO3. The molecule has 1 amide bonds. The van der Waals surface area contributed by atoms with Gasteiger partial charge < -0.3 is 14.4 Å². The second kappa shape index (κ2) is 8.18. The van der Waals surface area contributed by atoms with E-state index in [1.165, 1.54) is 5.56 Å². The van der Waals surface area contributed by atoms with Gasteiger partial charge in [-0.15, -0.1) is 0 Å². The molecule has 0 aliphatic carbocycles. The first-order valence-corrected chi connectivity index (χ1v) is 9.86. The van der Waals surface area contributed by atoms with Crippen LogP contribution in [-0.4, -0.2) is 31.6 Å². The smallest absolute Gasteiger partial charge is 0.254 e. The molecule has 0 aromatic heterocycles. The van der Waals surface area contributed by atoms with E-state index in [0.29, 0.717) is 28.6 Å². The summed E-state index contributed by atoms with van der Waals surface area (Å²) >= 11 is 6.56. The lowest BCUT2D eigenvalue weighted by Gasteiger charge is -2.38. The van der Waals surface area contributed by atoms with Crippen molar-refractivity contribution in [3.05, 3.63) is 94.0 Å². The molecule has 5 heteroatoms. The van der Waals surface area contributed by atoms with Crippen LogP contribution in [0.1, 0.15) is 33.1 Å². The van der Waals surface area contributed by atoms with Crippen molar-refractivity contribution >= 4 is 17.5 Å². The standard InChI is InChI=1S/C24H22ClNO3/c1-28-18-13-17(14-19(15-18)29-2)24(27)26-12-11-16-7-3-4-8-20(16)23(26)21-9-5-6-10-22(21)25/h3-10,13-15,23H,11-12H2,1-2H3/t23-/m1/s1. The van der Waals surface area contributed by atoms with Crippen LogP contribution in [0.25, 0.3) is 0 Å². The Kier molecular flexibility index (Phi) is 5.45. The molecule has 4 rings (SSSR count). The van der Waals surface area contributed by atoms with Crippen LogP contribution in [0.2, 0.25) is 5.02 Å². The number of hydrogen-bond donors (Lipinski definition) is 0. The van der Waals surface area contributed by atoms with Crippen molar-refractivity contribution in [1.82, 2.24) is 4.90 Å². The van der Waals surface area contributed by atoms with Gasteiger partial charge in [0.2, 0.25) is 0 Å². The van der Waals surface area contributed by atoms with Crippen molar-refractivity contribution in [2.75, 3.05) is 20.8 Å². The molecule has 3 aromatic carbocycles. The highest BCUT2D eigenvalue weighted by Gasteiger charge is 2.33. The molecule has 3 aromatic rings. The first kappa shape index (κ1) is 19.3. The summed E-state index contributed by atoms with van der Waals surface area (Å²) in [5.74, 6) is 1.08. The maximum Gasteiger partial charge on any atom is 0.254 e. The number of carbonyl (C=O) groups excluding carboxylic acids is 1. The number of carbonyl (C=O) groups is 1. The maximum atomic E-state index is 13.6. The minimum Gasteiger partial charge on any atom is -0.497 e. The highest BCUT2D eigenvalue weighted by atomic mass is 35.5. The minimum atomic E-state index is -0.252. The monoisotopic (exact) mass is 407 g/mol. The summed E-state index contributed by atoms with van der Waals surface area (Å²) in [6, 6.07) is 20.9. The molecule has 0 unspecified atom stereocenters. The average Bonchev–Trinajstić information content (AvgIpc) is 2.78. The summed E-state index contributed by atoms with van der Waals surface area (Å²) in [4.78, 5) is 15.5. The summed E-state index contributed by atoms with van der Waals surface area (Å²) in [5.41, 5.74) is 3.79. The van der Waals surface area contributed by atoms with Crippen molar-refractivity contribution in [2.45, 2.75) is 12.5 Å². The van der Waals surface area contributed by atoms with Gasteiger partial charge in [0.25, 0.3) is 5.91 Å². The molecule has 4 nitrogen and oxygen atoms in total. The van der Waals surface area contributed by atoms with Crippen molar-refractivity contribution in [3.8, 4) is 11.5 Å². The van der Waals surface area contributed by atoms with E-state index in [1.807, 2.05) is 41.3 Å². The molecule has 0 fully saturated rings. The number of ether oxygens (including phenoxy) is 2. The van der Waals surface area contributed by atoms with Crippen molar-refractivity contribution in [3.63, 3.8) is 0 Å². The quantitative estimate of drug-likeness (QED) is 0.600. The van der Waals surface area contributed by atoms with Gasteiger partial charge in [0, 0.05) is 23.2 Å². The molecule has 0 N–H and O–H groups in total. The van der Waals surface area contributed by atoms with Crippen LogP contribution in [0.3, 0.4) is 0 Å². The lowest BCUT2D eigenvalue weighted by Crippen LogP contribution is -2.40. The van der Waals surface area contributed by atoms with Crippen LogP contribution >= 0.6 is 11.6 Å². The normalized spacial score (nSPS) is 15.6. The number of benzene rings is 3. The van der Waals surface area contributed by atoms with Gasteiger partial charge in [0.05, 0.1) is 20.3 Å². The van der Waals surface area contributed by atoms with Crippen LogP contribution in [0, 0.1) is 0 Å². The molecule has 1 aliphatic rings. The van der Waals surface area contributed by atoms with Gasteiger partial charge in [-0.3, -0.25) is 4.79 Å². The van der Waals surface area contributed by atoms with E-state index in [9.17, 15) is 4.79 Å². The summed E-state index contributed by atoms with van der Waals surface area (Å²) in [6.45, 7) is 0.602. The first-order valence-electron chi connectivity index (χ1n) is 9.48. The van der Waals surface area contributed by atoms with E-state index in [2.05, 4.69) is 12.1 Å². The van der Waals surface area contributed by atoms with Crippen molar-refractivity contribution in [1.29, 1.82) is 0 Å². The Balaban J connectivity index is 1.82. The first-order chi connectivity index (χ1) is 14.1. The Morgan fingerprint density at radius 3 is 2.21 bits per heavy atom. The summed E-state index contributed by atoms with van der Waals surface area (Å²) in [5, 5.41) is 0.648. The fourth-order valence-electron chi connectivity index (χ4n) is 3.91. The highest BCUT2D eigenvalue weighted by molar-refractivity contribution is 6.31.